The van der Waals surface area contributed by atoms with E-state index in [-0.39, 0.29) is 11.5 Å². The van der Waals surface area contributed by atoms with Crippen LogP contribution in [0.3, 0.4) is 0 Å². The van der Waals surface area contributed by atoms with Crippen molar-refractivity contribution in [1.82, 2.24) is 5.32 Å². The Kier molecular flexibility index (Phi) is 5.51. The van der Waals surface area contributed by atoms with Crippen molar-refractivity contribution in [2.45, 2.75) is 59.1 Å². The number of rotatable bonds is 8. The highest BCUT2D eigenvalue weighted by atomic mass is 16.5. The Bertz CT molecular complexity index is 443. The summed E-state index contributed by atoms with van der Waals surface area (Å²) in [4.78, 5) is 0. The molecule has 0 bridgehead atoms. The smallest absolute Gasteiger partial charge is 0.161 e. The molecule has 0 amide bonds. The van der Waals surface area contributed by atoms with E-state index < -0.39 is 0 Å². The van der Waals surface area contributed by atoms with E-state index in [9.17, 15) is 0 Å². The average Bonchev–Trinajstić information content (AvgIpc) is 2.49. The van der Waals surface area contributed by atoms with Crippen LogP contribution in [0.5, 0.6) is 11.5 Å². The second-order valence-corrected chi connectivity index (χ2v) is 5.77. The number of benzene rings is 1. The monoisotopic (exact) mass is 291 g/mol. The number of hydrogen-bond donors (Lipinski definition) is 1. The summed E-state index contributed by atoms with van der Waals surface area (Å²) in [5.74, 6) is 1.73. The lowest BCUT2D eigenvalue weighted by molar-refractivity contribution is -0.0862. The van der Waals surface area contributed by atoms with Crippen LogP contribution in [0.15, 0.2) is 24.3 Å². The van der Waals surface area contributed by atoms with Crippen LogP contribution in [0.2, 0.25) is 0 Å². The van der Waals surface area contributed by atoms with Gasteiger partial charge in [0.25, 0.3) is 0 Å². The van der Waals surface area contributed by atoms with Crippen LogP contribution in [0.25, 0.3) is 0 Å². The molecule has 0 aliphatic heterocycles. The second kappa shape index (κ2) is 7.17. The fraction of sp³-hybridized carbons (Fsp3) is 0.667. The van der Waals surface area contributed by atoms with Crippen LogP contribution in [0, 0.1) is 5.41 Å². The highest BCUT2D eigenvalue weighted by Gasteiger charge is 2.54. The van der Waals surface area contributed by atoms with Gasteiger partial charge < -0.3 is 14.8 Å². The molecule has 2 atom stereocenters. The molecule has 21 heavy (non-hydrogen) atoms. The van der Waals surface area contributed by atoms with Gasteiger partial charge in [-0.15, -0.1) is 0 Å². The third-order valence-electron chi connectivity index (χ3n) is 4.97. The van der Waals surface area contributed by atoms with Gasteiger partial charge in [-0.05, 0) is 38.4 Å². The van der Waals surface area contributed by atoms with Gasteiger partial charge in [0.15, 0.2) is 11.5 Å². The van der Waals surface area contributed by atoms with Crippen LogP contribution < -0.4 is 14.8 Å². The Morgan fingerprint density at radius 3 is 2.33 bits per heavy atom. The van der Waals surface area contributed by atoms with E-state index in [1.54, 1.807) is 0 Å². The first-order valence-electron chi connectivity index (χ1n) is 8.33. The molecule has 0 spiro atoms. The molecule has 1 aliphatic carbocycles. The van der Waals surface area contributed by atoms with Crippen LogP contribution >= 0.6 is 0 Å². The molecule has 0 aromatic heterocycles. The maximum Gasteiger partial charge on any atom is 0.161 e. The van der Waals surface area contributed by atoms with Crippen molar-refractivity contribution < 1.29 is 9.47 Å². The molecule has 3 nitrogen and oxygen atoms in total. The first-order valence-corrected chi connectivity index (χ1v) is 8.33. The maximum absolute atomic E-state index is 6.34. The second-order valence-electron chi connectivity index (χ2n) is 5.77. The molecule has 0 heterocycles. The van der Waals surface area contributed by atoms with E-state index in [2.05, 4.69) is 26.1 Å². The average molecular weight is 291 g/mol. The van der Waals surface area contributed by atoms with Crippen molar-refractivity contribution in [2.75, 3.05) is 13.2 Å². The Hall–Kier alpha value is -1.22. The van der Waals surface area contributed by atoms with E-state index in [0.29, 0.717) is 12.6 Å². The van der Waals surface area contributed by atoms with Gasteiger partial charge in [0.2, 0.25) is 0 Å². The van der Waals surface area contributed by atoms with Crippen molar-refractivity contribution >= 4 is 0 Å². The predicted molar refractivity (Wildman–Crippen MR) is 87.1 cm³/mol. The Morgan fingerprint density at radius 2 is 1.76 bits per heavy atom. The molecule has 1 saturated carbocycles. The first-order chi connectivity index (χ1) is 10.2. The topological polar surface area (TPSA) is 30.5 Å². The maximum atomic E-state index is 6.34. The molecule has 0 radical (unpaired) electrons. The first kappa shape index (κ1) is 16.2. The molecule has 3 heteroatoms. The molecule has 1 aliphatic rings. The van der Waals surface area contributed by atoms with Gasteiger partial charge in [0.1, 0.15) is 6.10 Å². The minimum Gasteiger partial charge on any atom is -0.490 e. The number of para-hydroxylation sites is 2. The summed E-state index contributed by atoms with van der Waals surface area (Å²) in [6.07, 6.45) is 3.64. The highest BCUT2D eigenvalue weighted by Crippen LogP contribution is 2.49. The molecule has 1 aromatic rings. The molecule has 0 saturated heterocycles. The minimum absolute atomic E-state index is 0.245. The highest BCUT2D eigenvalue weighted by molar-refractivity contribution is 5.40. The van der Waals surface area contributed by atoms with Gasteiger partial charge in [-0.1, -0.05) is 32.9 Å². The summed E-state index contributed by atoms with van der Waals surface area (Å²) in [7, 11) is 0. The largest absolute Gasteiger partial charge is 0.490 e. The molecule has 2 rings (SSSR count). The van der Waals surface area contributed by atoms with E-state index in [0.717, 1.165) is 37.3 Å². The lowest BCUT2D eigenvalue weighted by atomic mass is 9.58. The number of nitrogens with one attached hydrogen (secondary N) is 1. The fourth-order valence-electron chi connectivity index (χ4n) is 3.62. The summed E-state index contributed by atoms with van der Waals surface area (Å²) in [6.45, 7) is 10.4. The normalized spacial score (nSPS) is 23.4. The van der Waals surface area contributed by atoms with Crippen molar-refractivity contribution in [3.63, 3.8) is 0 Å². The molecular weight excluding hydrogens is 262 g/mol. The summed E-state index contributed by atoms with van der Waals surface area (Å²) in [5, 5.41) is 3.62. The van der Waals surface area contributed by atoms with Gasteiger partial charge in [-0.25, -0.2) is 0 Å². The van der Waals surface area contributed by atoms with Crippen LogP contribution in [-0.2, 0) is 0 Å². The summed E-state index contributed by atoms with van der Waals surface area (Å²) < 4.78 is 12.0. The standard InChI is InChI=1S/C18H29NO2/c1-5-18(6-2)16(19-7-3)13-17(18)21-15-12-10-9-11-14(15)20-8-4/h9-12,16-17,19H,5-8,13H2,1-4H3. The van der Waals surface area contributed by atoms with Gasteiger partial charge in [0.05, 0.1) is 6.61 Å². The van der Waals surface area contributed by atoms with Gasteiger partial charge in [-0.3, -0.25) is 0 Å². The third-order valence-corrected chi connectivity index (χ3v) is 4.97. The minimum atomic E-state index is 0.245. The number of hydrogen-bond acceptors (Lipinski definition) is 3. The lowest BCUT2D eigenvalue weighted by Crippen LogP contribution is -2.64. The fourth-order valence-corrected chi connectivity index (χ4v) is 3.62. The van der Waals surface area contributed by atoms with Gasteiger partial charge in [0, 0.05) is 17.9 Å². The van der Waals surface area contributed by atoms with Gasteiger partial charge >= 0.3 is 0 Å². The molecule has 1 N–H and O–H groups in total. The van der Waals surface area contributed by atoms with E-state index >= 15 is 0 Å². The van der Waals surface area contributed by atoms with E-state index in [1.165, 1.54) is 0 Å². The SMILES string of the molecule is CCNC1CC(Oc2ccccc2OCC)C1(CC)CC. The van der Waals surface area contributed by atoms with Crippen molar-refractivity contribution in [1.29, 1.82) is 0 Å². The van der Waals surface area contributed by atoms with Crippen LogP contribution in [0.4, 0.5) is 0 Å². The Morgan fingerprint density at radius 1 is 1.10 bits per heavy atom. The predicted octanol–water partition coefficient (Wildman–Crippen LogP) is 4.02. The van der Waals surface area contributed by atoms with Crippen LogP contribution in [-0.4, -0.2) is 25.3 Å². The zero-order valence-corrected chi connectivity index (χ0v) is 13.8. The summed E-state index contributed by atoms with van der Waals surface area (Å²) in [6, 6.07) is 8.58. The molecule has 118 valence electrons. The molecule has 1 fully saturated rings. The van der Waals surface area contributed by atoms with Crippen molar-refractivity contribution in [3.05, 3.63) is 24.3 Å². The Labute approximate surface area is 129 Å². The van der Waals surface area contributed by atoms with Gasteiger partial charge in [-0.2, -0.15) is 0 Å². The third kappa shape index (κ3) is 3.03. The van der Waals surface area contributed by atoms with E-state index in [4.69, 9.17) is 9.47 Å². The molecular formula is C18H29NO2. The van der Waals surface area contributed by atoms with Crippen molar-refractivity contribution in [2.24, 2.45) is 5.41 Å². The van der Waals surface area contributed by atoms with Crippen molar-refractivity contribution in [3.8, 4) is 11.5 Å². The zero-order valence-electron chi connectivity index (χ0n) is 13.8. The Balaban J connectivity index is 2.13. The molecule has 2 unspecified atom stereocenters. The quantitative estimate of drug-likeness (QED) is 0.784. The van der Waals surface area contributed by atoms with Crippen LogP contribution in [0.1, 0.15) is 47.0 Å². The lowest BCUT2D eigenvalue weighted by Gasteiger charge is -2.55. The summed E-state index contributed by atoms with van der Waals surface area (Å²) >= 11 is 0. The molecule has 1 aromatic carbocycles. The zero-order chi connectivity index (χ0) is 15.3. The summed E-state index contributed by atoms with van der Waals surface area (Å²) in [5.41, 5.74) is 0.245. The number of ether oxygens (including phenoxy) is 2. The van der Waals surface area contributed by atoms with E-state index in [1.807, 2.05) is 31.2 Å².